The van der Waals surface area contributed by atoms with E-state index in [0.29, 0.717) is 11.3 Å². The molecule has 0 aliphatic heterocycles. The van der Waals surface area contributed by atoms with Crippen LogP contribution in [0.3, 0.4) is 0 Å². The smallest absolute Gasteiger partial charge is 0.337 e. The van der Waals surface area contributed by atoms with Crippen molar-refractivity contribution in [1.29, 1.82) is 0 Å². The molecular formula is C14H10ClF2NO2. The summed E-state index contributed by atoms with van der Waals surface area (Å²) in [7, 11) is 0. The molecule has 0 aliphatic rings. The number of carboxylic acid groups (broad SMARTS) is 1. The number of halogens is 3. The fourth-order valence-electron chi connectivity index (χ4n) is 1.66. The maximum absolute atomic E-state index is 13.4. The molecule has 0 aliphatic carbocycles. The van der Waals surface area contributed by atoms with E-state index in [9.17, 15) is 13.6 Å². The molecule has 2 aromatic rings. The number of benzene rings is 2. The van der Waals surface area contributed by atoms with Gasteiger partial charge in [-0.25, -0.2) is 13.6 Å². The van der Waals surface area contributed by atoms with Crippen molar-refractivity contribution in [3.05, 3.63) is 64.2 Å². The molecule has 0 spiro atoms. The minimum absolute atomic E-state index is 0.00909. The van der Waals surface area contributed by atoms with Gasteiger partial charge in [0.1, 0.15) is 11.6 Å². The molecule has 0 aromatic heterocycles. The van der Waals surface area contributed by atoms with Gasteiger partial charge in [0, 0.05) is 23.9 Å². The van der Waals surface area contributed by atoms with Gasteiger partial charge in [-0.05, 0) is 24.3 Å². The van der Waals surface area contributed by atoms with Crippen LogP contribution in [0.5, 0.6) is 0 Å². The molecule has 0 fully saturated rings. The Bertz CT molecular complexity index is 662. The summed E-state index contributed by atoms with van der Waals surface area (Å²) in [5, 5.41) is 11.8. The van der Waals surface area contributed by atoms with Crippen molar-refractivity contribution in [2.45, 2.75) is 6.54 Å². The van der Waals surface area contributed by atoms with Crippen LogP contribution >= 0.6 is 11.6 Å². The van der Waals surface area contributed by atoms with E-state index >= 15 is 0 Å². The molecule has 0 saturated heterocycles. The van der Waals surface area contributed by atoms with Crippen molar-refractivity contribution in [2.24, 2.45) is 0 Å². The fourth-order valence-corrected chi connectivity index (χ4v) is 1.92. The number of aromatic carboxylic acids is 1. The molecule has 0 radical (unpaired) electrons. The van der Waals surface area contributed by atoms with Crippen molar-refractivity contribution >= 4 is 23.3 Å². The molecule has 2 N–H and O–H groups in total. The molecule has 3 nitrogen and oxygen atoms in total. The average molecular weight is 298 g/mol. The van der Waals surface area contributed by atoms with E-state index in [2.05, 4.69) is 5.32 Å². The minimum Gasteiger partial charge on any atom is -0.478 e. The molecule has 0 bridgehead atoms. The predicted octanol–water partition coefficient (Wildman–Crippen LogP) is 3.93. The Kier molecular flexibility index (Phi) is 4.20. The van der Waals surface area contributed by atoms with Crippen LogP contribution < -0.4 is 5.32 Å². The SMILES string of the molecule is O=C(O)c1ccc(NCc2ccc(F)cc2F)cc1Cl. The lowest BCUT2D eigenvalue weighted by atomic mass is 10.2. The highest BCUT2D eigenvalue weighted by Crippen LogP contribution is 2.21. The summed E-state index contributed by atoms with van der Waals surface area (Å²) in [5.41, 5.74) is 0.832. The second-order valence-electron chi connectivity index (χ2n) is 4.09. The first kappa shape index (κ1) is 14.3. The molecule has 0 atom stereocenters. The Morgan fingerprint density at radius 1 is 1.20 bits per heavy atom. The summed E-state index contributed by atoms with van der Waals surface area (Å²) in [6, 6.07) is 7.63. The molecular weight excluding hydrogens is 288 g/mol. The lowest BCUT2D eigenvalue weighted by Crippen LogP contribution is -2.03. The molecule has 0 heterocycles. The van der Waals surface area contributed by atoms with Gasteiger partial charge in [-0.1, -0.05) is 17.7 Å². The molecule has 2 aromatic carbocycles. The summed E-state index contributed by atoms with van der Waals surface area (Å²) in [6.07, 6.45) is 0. The van der Waals surface area contributed by atoms with E-state index in [-0.39, 0.29) is 17.1 Å². The van der Waals surface area contributed by atoms with Gasteiger partial charge in [-0.2, -0.15) is 0 Å². The van der Waals surface area contributed by atoms with Crippen LogP contribution in [0.4, 0.5) is 14.5 Å². The Hall–Kier alpha value is -2.14. The third kappa shape index (κ3) is 3.24. The predicted molar refractivity (Wildman–Crippen MR) is 72.1 cm³/mol. The van der Waals surface area contributed by atoms with Gasteiger partial charge in [0.15, 0.2) is 0 Å². The van der Waals surface area contributed by atoms with Crippen LogP contribution in [-0.2, 0) is 6.54 Å². The zero-order chi connectivity index (χ0) is 14.7. The molecule has 104 valence electrons. The quantitative estimate of drug-likeness (QED) is 0.899. The van der Waals surface area contributed by atoms with Gasteiger partial charge in [0.25, 0.3) is 0 Å². The molecule has 0 unspecified atom stereocenters. The van der Waals surface area contributed by atoms with E-state index in [1.165, 1.54) is 30.3 Å². The van der Waals surface area contributed by atoms with Crippen molar-refractivity contribution in [2.75, 3.05) is 5.32 Å². The number of hydrogen-bond donors (Lipinski definition) is 2. The minimum atomic E-state index is -1.12. The lowest BCUT2D eigenvalue weighted by Gasteiger charge is -2.09. The highest BCUT2D eigenvalue weighted by Gasteiger charge is 2.09. The summed E-state index contributed by atoms with van der Waals surface area (Å²) in [6.45, 7) is 0.134. The zero-order valence-corrected chi connectivity index (χ0v) is 10.9. The number of anilines is 1. The Labute approximate surface area is 118 Å². The largest absolute Gasteiger partial charge is 0.478 e. The number of hydrogen-bond acceptors (Lipinski definition) is 2. The zero-order valence-electron chi connectivity index (χ0n) is 10.2. The summed E-state index contributed by atoms with van der Waals surface area (Å²) in [4.78, 5) is 10.8. The van der Waals surface area contributed by atoms with Crippen LogP contribution in [0.2, 0.25) is 5.02 Å². The van der Waals surface area contributed by atoms with Crippen LogP contribution in [0, 0.1) is 11.6 Å². The molecule has 0 amide bonds. The highest BCUT2D eigenvalue weighted by atomic mass is 35.5. The van der Waals surface area contributed by atoms with Crippen LogP contribution in [0.1, 0.15) is 15.9 Å². The molecule has 6 heteroatoms. The maximum atomic E-state index is 13.4. The molecule has 20 heavy (non-hydrogen) atoms. The first-order valence-electron chi connectivity index (χ1n) is 5.68. The van der Waals surface area contributed by atoms with Crippen LogP contribution in [-0.4, -0.2) is 11.1 Å². The third-order valence-electron chi connectivity index (χ3n) is 2.70. The average Bonchev–Trinajstić information content (AvgIpc) is 2.37. The van der Waals surface area contributed by atoms with Crippen molar-refractivity contribution in [3.63, 3.8) is 0 Å². The monoisotopic (exact) mass is 297 g/mol. The van der Waals surface area contributed by atoms with Crippen LogP contribution in [0.15, 0.2) is 36.4 Å². The van der Waals surface area contributed by atoms with Gasteiger partial charge in [0.05, 0.1) is 10.6 Å². The fraction of sp³-hybridized carbons (Fsp3) is 0.0714. The number of nitrogens with one attached hydrogen (secondary N) is 1. The van der Waals surface area contributed by atoms with Gasteiger partial charge in [-0.15, -0.1) is 0 Å². The standard InChI is InChI=1S/C14H10ClF2NO2/c15-12-6-10(3-4-11(12)14(19)20)18-7-8-1-2-9(16)5-13(8)17/h1-6,18H,7H2,(H,19,20). The molecule has 2 rings (SSSR count). The second kappa shape index (κ2) is 5.88. The van der Waals surface area contributed by atoms with E-state index in [1.54, 1.807) is 0 Å². The Morgan fingerprint density at radius 2 is 1.95 bits per heavy atom. The van der Waals surface area contributed by atoms with Crippen molar-refractivity contribution in [3.8, 4) is 0 Å². The van der Waals surface area contributed by atoms with Gasteiger partial charge >= 0.3 is 5.97 Å². The van der Waals surface area contributed by atoms with Gasteiger partial charge in [0.2, 0.25) is 0 Å². The summed E-state index contributed by atoms with van der Waals surface area (Å²) < 4.78 is 26.2. The van der Waals surface area contributed by atoms with E-state index in [4.69, 9.17) is 16.7 Å². The van der Waals surface area contributed by atoms with E-state index in [0.717, 1.165) is 6.07 Å². The summed E-state index contributed by atoms with van der Waals surface area (Å²) in [5.74, 6) is -2.41. The number of rotatable bonds is 4. The van der Waals surface area contributed by atoms with Gasteiger partial charge < -0.3 is 10.4 Å². The van der Waals surface area contributed by atoms with Crippen molar-refractivity contribution < 1.29 is 18.7 Å². The maximum Gasteiger partial charge on any atom is 0.337 e. The van der Waals surface area contributed by atoms with E-state index in [1.807, 2.05) is 0 Å². The second-order valence-corrected chi connectivity index (χ2v) is 4.50. The highest BCUT2D eigenvalue weighted by molar-refractivity contribution is 6.33. The topological polar surface area (TPSA) is 49.3 Å². The van der Waals surface area contributed by atoms with E-state index < -0.39 is 17.6 Å². The third-order valence-corrected chi connectivity index (χ3v) is 3.01. The normalized spacial score (nSPS) is 10.3. The van der Waals surface area contributed by atoms with Crippen molar-refractivity contribution in [1.82, 2.24) is 0 Å². The summed E-state index contributed by atoms with van der Waals surface area (Å²) >= 11 is 5.81. The van der Waals surface area contributed by atoms with Gasteiger partial charge in [-0.3, -0.25) is 0 Å². The Morgan fingerprint density at radius 3 is 2.55 bits per heavy atom. The molecule has 0 saturated carbocycles. The first-order chi connectivity index (χ1) is 9.47. The number of carbonyl (C=O) groups is 1. The lowest BCUT2D eigenvalue weighted by molar-refractivity contribution is 0.0697. The first-order valence-corrected chi connectivity index (χ1v) is 6.06. The Balaban J connectivity index is 2.11. The number of carboxylic acids is 1. The van der Waals surface area contributed by atoms with Crippen LogP contribution in [0.25, 0.3) is 0 Å².